The van der Waals surface area contributed by atoms with Gasteiger partial charge in [0.05, 0.1) is 10.5 Å². The highest BCUT2D eigenvalue weighted by atomic mass is 32.2. The van der Waals surface area contributed by atoms with E-state index in [0.29, 0.717) is 29.7 Å². The molecule has 10 nitrogen and oxygen atoms in total. The van der Waals surface area contributed by atoms with Crippen molar-refractivity contribution in [3.63, 3.8) is 0 Å². The Morgan fingerprint density at radius 2 is 1.68 bits per heavy atom. The molecule has 210 valence electrons. The third-order valence-corrected chi connectivity index (χ3v) is 8.68. The number of rotatable bonds is 11. The summed E-state index contributed by atoms with van der Waals surface area (Å²) in [7, 11) is -3.92. The van der Waals surface area contributed by atoms with Crippen molar-refractivity contribution in [2.75, 3.05) is 6.54 Å². The molecule has 4 rings (SSSR count). The second kappa shape index (κ2) is 12.3. The van der Waals surface area contributed by atoms with Gasteiger partial charge in [-0.25, -0.2) is 18.0 Å². The summed E-state index contributed by atoms with van der Waals surface area (Å²) in [5.41, 5.74) is 2.17. The zero-order chi connectivity index (χ0) is 28.9. The molecular weight excluding hydrogens is 536 g/mol. The van der Waals surface area contributed by atoms with E-state index in [1.165, 1.54) is 18.2 Å². The first-order chi connectivity index (χ1) is 19.1. The summed E-state index contributed by atoms with van der Waals surface area (Å²) in [6.07, 6.45) is 0.750. The topological polar surface area (TPSA) is 150 Å². The van der Waals surface area contributed by atoms with Gasteiger partial charge < -0.3 is 20.3 Å². The van der Waals surface area contributed by atoms with Crippen molar-refractivity contribution in [2.24, 2.45) is 0 Å². The van der Waals surface area contributed by atoms with Crippen LogP contribution in [0.25, 0.3) is 0 Å². The van der Waals surface area contributed by atoms with E-state index in [0.717, 1.165) is 9.87 Å². The maximum absolute atomic E-state index is 13.2. The summed E-state index contributed by atoms with van der Waals surface area (Å²) in [6, 6.07) is 17.2. The molecular formula is C29H30N2O8S. The van der Waals surface area contributed by atoms with Crippen LogP contribution < -0.4 is 10.1 Å². The fourth-order valence-electron chi connectivity index (χ4n) is 4.58. The van der Waals surface area contributed by atoms with Crippen LogP contribution in [0.4, 0.5) is 0 Å². The molecule has 0 bridgehead atoms. The number of carbonyl (C=O) groups excluding carboxylic acids is 1. The summed E-state index contributed by atoms with van der Waals surface area (Å²) in [5, 5.41) is 21.6. The quantitative estimate of drug-likeness (QED) is 0.320. The van der Waals surface area contributed by atoms with E-state index in [-0.39, 0.29) is 30.0 Å². The SMILES string of the molecule is Cc1ccc(S(=O)(=O)N2CCC[C@H]2C(=O)N[C@@H](Cc2ccc(OCc3ccccc3C(=O)O)cc2)C(=O)O)cc1. The van der Waals surface area contributed by atoms with Gasteiger partial charge in [-0.15, -0.1) is 0 Å². The number of aliphatic carboxylic acids is 1. The molecule has 1 aliphatic rings. The number of sulfonamides is 1. The molecule has 2 atom stereocenters. The second-order valence-corrected chi connectivity index (χ2v) is 11.5. The van der Waals surface area contributed by atoms with Crippen molar-refractivity contribution in [1.29, 1.82) is 0 Å². The van der Waals surface area contributed by atoms with Gasteiger partial charge in [0, 0.05) is 18.5 Å². The van der Waals surface area contributed by atoms with Crippen LogP contribution in [0.5, 0.6) is 5.75 Å². The third-order valence-electron chi connectivity index (χ3n) is 6.75. The number of hydrogen-bond donors (Lipinski definition) is 3. The summed E-state index contributed by atoms with van der Waals surface area (Å²) in [5.74, 6) is -2.49. The first kappa shape index (κ1) is 28.8. The van der Waals surface area contributed by atoms with Gasteiger partial charge in [-0.3, -0.25) is 4.79 Å². The van der Waals surface area contributed by atoms with Crippen molar-refractivity contribution in [3.8, 4) is 5.75 Å². The lowest BCUT2D eigenvalue weighted by Crippen LogP contribution is -2.51. The van der Waals surface area contributed by atoms with Crippen LogP contribution in [0.15, 0.2) is 77.7 Å². The first-order valence-electron chi connectivity index (χ1n) is 12.7. The molecule has 0 spiro atoms. The number of benzene rings is 3. The van der Waals surface area contributed by atoms with Crippen LogP contribution in [0, 0.1) is 6.92 Å². The zero-order valence-corrected chi connectivity index (χ0v) is 22.6. The Kier molecular flexibility index (Phi) is 8.86. The Hall–Kier alpha value is -4.22. The molecule has 1 saturated heterocycles. The number of carboxylic acids is 2. The lowest BCUT2D eigenvalue weighted by atomic mass is 10.0. The number of amides is 1. The van der Waals surface area contributed by atoms with Gasteiger partial charge in [-0.05, 0) is 55.7 Å². The summed E-state index contributed by atoms with van der Waals surface area (Å²) in [4.78, 5) is 36.5. The maximum atomic E-state index is 13.2. The monoisotopic (exact) mass is 566 g/mol. The van der Waals surface area contributed by atoms with Crippen molar-refractivity contribution in [2.45, 2.75) is 49.8 Å². The number of carboxylic acid groups (broad SMARTS) is 2. The molecule has 1 aliphatic heterocycles. The number of carbonyl (C=O) groups is 3. The molecule has 1 fully saturated rings. The highest BCUT2D eigenvalue weighted by Crippen LogP contribution is 2.27. The van der Waals surface area contributed by atoms with E-state index in [1.807, 2.05) is 6.92 Å². The van der Waals surface area contributed by atoms with Gasteiger partial charge in [-0.1, -0.05) is 48.0 Å². The van der Waals surface area contributed by atoms with E-state index in [9.17, 15) is 33.0 Å². The number of aryl methyl sites for hydroxylation is 1. The number of ether oxygens (including phenoxy) is 1. The standard InChI is InChI=1S/C29H30N2O8S/c1-19-8-14-23(15-9-19)40(37,38)31-16-4-7-26(31)27(32)30-25(29(35)36)17-20-10-12-22(13-11-20)39-18-21-5-2-3-6-24(21)28(33)34/h2-3,5-6,8-15,25-26H,4,7,16-18H2,1H3,(H,30,32)(H,33,34)(H,35,36)/t25-,26-/m0/s1. The van der Waals surface area contributed by atoms with E-state index in [2.05, 4.69) is 5.32 Å². The lowest BCUT2D eigenvalue weighted by molar-refractivity contribution is -0.142. The minimum Gasteiger partial charge on any atom is -0.489 e. The Labute approximate surface area is 232 Å². The number of aromatic carboxylic acids is 1. The Bertz CT molecular complexity index is 1490. The molecule has 0 aliphatic carbocycles. The Morgan fingerprint density at radius 3 is 2.33 bits per heavy atom. The van der Waals surface area contributed by atoms with Gasteiger partial charge in [0.15, 0.2) is 0 Å². The first-order valence-corrected chi connectivity index (χ1v) is 14.1. The predicted octanol–water partition coefficient (Wildman–Crippen LogP) is 3.24. The van der Waals surface area contributed by atoms with Crippen LogP contribution in [-0.2, 0) is 32.6 Å². The normalized spacial score (nSPS) is 16.3. The molecule has 1 amide bonds. The van der Waals surface area contributed by atoms with Crippen molar-refractivity contribution >= 4 is 27.9 Å². The van der Waals surface area contributed by atoms with Crippen molar-refractivity contribution in [1.82, 2.24) is 9.62 Å². The van der Waals surface area contributed by atoms with Gasteiger partial charge in [0.1, 0.15) is 24.4 Å². The summed E-state index contributed by atoms with van der Waals surface area (Å²) in [6.45, 7) is 2.06. The average Bonchev–Trinajstić information content (AvgIpc) is 3.44. The van der Waals surface area contributed by atoms with Crippen LogP contribution in [0.1, 0.15) is 39.9 Å². The second-order valence-electron chi connectivity index (χ2n) is 9.59. The summed E-state index contributed by atoms with van der Waals surface area (Å²) < 4.78 is 33.2. The van der Waals surface area contributed by atoms with Gasteiger partial charge in [0.25, 0.3) is 0 Å². The maximum Gasteiger partial charge on any atom is 0.336 e. The number of nitrogens with zero attached hydrogens (tertiary/aromatic N) is 1. The summed E-state index contributed by atoms with van der Waals surface area (Å²) >= 11 is 0. The molecule has 11 heteroatoms. The fraction of sp³-hybridized carbons (Fsp3) is 0.276. The highest BCUT2D eigenvalue weighted by molar-refractivity contribution is 7.89. The van der Waals surface area contributed by atoms with Crippen molar-refractivity contribution in [3.05, 3.63) is 95.1 Å². The molecule has 40 heavy (non-hydrogen) atoms. The largest absolute Gasteiger partial charge is 0.489 e. The molecule has 0 aromatic heterocycles. The van der Waals surface area contributed by atoms with Gasteiger partial charge in [-0.2, -0.15) is 4.31 Å². The minimum atomic E-state index is -3.92. The molecule has 3 aromatic rings. The Morgan fingerprint density at radius 1 is 1.00 bits per heavy atom. The van der Waals surface area contributed by atoms with E-state index < -0.39 is 40.0 Å². The molecule has 3 N–H and O–H groups in total. The molecule has 0 radical (unpaired) electrons. The average molecular weight is 567 g/mol. The van der Waals surface area contributed by atoms with Crippen LogP contribution in [0.3, 0.4) is 0 Å². The number of hydrogen-bond acceptors (Lipinski definition) is 6. The lowest BCUT2D eigenvalue weighted by Gasteiger charge is -2.25. The van der Waals surface area contributed by atoms with Crippen molar-refractivity contribution < 1.29 is 37.8 Å². The highest BCUT2D eigenvalue weighted by Gasteiger charge is 2.40. The molecule has 1 heterocycles. The number of nitrogens with one attached hydrogen (secondary N) is 1. The van der Waals surface area contributed by atoms with E-state index in [4.69, 9.17) is 4.74 Å². The Balaban J connectivity index is 1.39. The minimum absolute atomic E-state index is 0.0271. The van der Waals surface area contributed by atoms with Crippen LogP contribution in [-0.4, -0.2) is 59.4 Å². The fourth-order valence-corrected chi connectivity index (χ4v) is 6.23. The molecule has 3 aromatic carbocycles. The van der Waals surface area contributed by atoms with E-state index >= 15 is 0 Å². The zero-order valence-electron chi connectivity index (χ0n) is 21.8. The smallest absolute Gasteiger partial charge is 0.336 e. The van der Waals surface area contributed by atoms with Crippen LogP contribution in [0.2, 0.25) is 0 Å². The van der Waals surface area contributed by atoms with Gasteiger partial charge in [0.2, 0.25) is 15.9 Å². The molecule has 0 unspecified atom stereocenters. The van der Waals surface area contributed by atoms with E-state index in [1.54, 1.807) is 54.6 Å². The van der Waals surface area contributed by atoms with Crippen LogP contribution >= 0.6 is 0 Å². The molecule has 0 saturated carbocycles. The van der Waals surface area contributed by atoms with Gasteiger partial charge >= 0.3 is 11.9 Å². The third kappa shape index (κ3) is 6.67. The predicted molar refractivity (Wildman–Crippen MR) is 146 cm³/mol.